The van der Waals surface area contributed by atoms with E-state index in [1.807, 2.05) is 26.0 Å². The zero-order valence-corrected chi connectivity index (χ0v) is 11.2. The van der Waals surface area contributed by atoms with Crippen molar-refractivity contribution in [2.24, 2.45) is 0 Å². The fourth-order valence-electron chi connectivity index (χ4n) is 1.54. The Balaban J connectivity index is 2.47. The van der Waals surface area contributed by atoms with Gasteiger partial charge >= 0.3 is 5.97 Å². The summed E-state index contributed by atoms with van der Waals surface area (Å²) in [5, 5.41) is 6.55. The molecule has 0 aliphatic carbocycles. The van der Waals surface area contributed by atoms with Crippen LogP contribution in [0.15, 0.2) is 18.3 Å². The van der Waals surface area contributed by atoms with Crippen molar-refractivity contribution in [2.75, 3.05) is 23.8 Å². The summed E-state index contributed by atoms with van der Waals surface area (Å²) in [6, 6.07) is 4.07. The maximum Gasteiger partial charge on any atom is 0.302 e. The Morgan fingerprint density at radius 3 is 3.00 bits per heavy atom. The summed E-state index contributed by atoms with van der Waals surface area (Å²) < 4.78 is 4.91. The van der Waals surface area contributed by atoms with Crippen molar-refractivity contribution in [3.63, 3.8) is 0 Å². The summed E-state index contributed by atoms with van der Waals surface area (Å²) in [5.41, 5.74) is 0.985. The van der Waals surface area contributed by atoms with Gasteiger partial charge in [-0.3, -0.25) is 4.79 Å². The van der Waals surface area contributed by atoms with Gasteiger partial charge in [0.2, 0.25) is 0 Å². The van der Waals surface area contributed by atoms with Crippen molar-refractivity contribution in [3.8, 4) is 0 Å². The molecule has 0 aliphatic heterocycles. The first-order valence-corrected chi connectivity index (χ1v) is 6.22. The largest absolute Gasteiger partial charge is 0.466 e. The second kappa shape index (κ2) is 7.53. The third-order valence-corrected chi connectivity index (χ3v) is 2.41. The van der Waals surface area contributed by atoms with E-state index in [4.69, 9.17) is 4.74 Å². The molecule has 1 unspecified atom stereocenters. The Morgan fingerprint density at radius 1 is 1.56 bits per heavy atom. The number of hydrogen-bond donors (Lipinski definition) is 2. The molecule has 0 spiro atoms. The van der Waals surface area contributed by atoms with Gasteiger partial charge in [0.15, 0.2) is 0 Å². The third kappa shape index (κ3) is 5.03. The molecular formula is C13H21N3O2. The molecule has 0 saturated heterocycles. The van der Waals surface area contributed by atoms with Crippen LogP contribution in [0.5, 0.6) is 0 Å². The van der Waals surface area contributed by atoms with E-state index < -0.39 is 0 Å². The third-order valence-electron chi connectivity index (χ3n) is 2.41. The molecule has 2 N–H and O–H groups in total. The fourth-order valence-corrected chi connectivity index (χ4v) is 1.54. The van der Waals surface area contributed by atoms with Crippen molar-refractivity contribution in [2.45, 2.75) is 33.2 Å². The number of nitrogens with zero attached hydrogens (tertiary/aromatic N) is 1. The number of ether oxygens (including phenoxy) is 1. The molecule has 0 aliphatic rings. The van der Waals surface area contributed by atoms with Gasteiger partial charge in [-0.05, 0) is 26.0 Å². The summed E-state index contributed by atoms with van der Waals surface area (Å²) in [7, 11) is 0. The normalized spacial score (nSPS) is 11.7. The first-order valence-electron chi connectivity index (χ1n) is 6.22. The van der Waals surface area contributed by atoms with Crippen LogP contribution in [0.2, 0.25) is 0 Å². The van der Waals surface area contributed by atoms with Crippen LogP contribution in [-0.2, 0) is 9.53 Å². The molecule has 5 heteroatoms. The van der Waals surface area contributed by atoms with Crippen molar-refractivity contribution in [1.82, 2.24) is 4.98 Å². The van der Waals surface area contributed by atoms with E-state index in [1.54, 1.807) is 6.20 Å². The molecule has 0 saturated carbocycles. The maximum absolute atomic E-state index is 10.7. The van der Waals surface area contributed by atoms with Gasteiger partial charge in [-0.2, -0.15) is 0 Å². The molecule has 1 aromatic heterocycles. The van der Waals surface area contributed by atoms with Crippen LogP contribution in [0.1, 0.15) is 27.2 Å². The number of carbonyl (C=O) groups excluding carboxylic acids is 1. The van der Waals surface area contributed by atoms with Crippen molar-refractivity contribution in [1.29, 1.82) is 0 Å². The Bertz CT molecular complexity index is 382. The van der Waals surface area contributed by atoms with Crippen LogP contribution in [0.4, 0.5) is 11.5 Å². The number of esters is 1. The van der Waals surface area contributed by atoms with Gasteiger partial charge in [0, 0.05) is 32.1 Å². The average molecular weight is 251 g/mol. The lowest BCUT2D eigenvalue weighted by Crippen LogP contribution is -2.20. The van der Waals surface area contributed by atoms with E-state index in [0.29, 0.717) is 6.61 Å². The topological polar surface area (TPSA) is 63.3 Å². The van der Waals surface area contributed by atoms with Crippen molar-refractivity contribution < 1.29 is 9.53 Å². The van der Waals surface area contributed by atoms with Crippen LogP contribution in [0.3, 0.4) is 0 Å². The Labute approximate surface area is 108 Å². The van der Waals surface area contributed by atoms with Crippen molar-refractivity contribution >= 4 is 17.5 Å². The van der Waals surface area contributed by atoms with Crippen LogP contribution in [0, 0.1) is 0 Å². The van der Waals surface area contributed by atoms with E-state index >= 15 is 0 Å². The Kier molecular flexibility index (Phi) is 5.97. The molecule has 1 aromatic rings. The number of hydrogen-bond acceptors (Lipinski definition) is 5. The maximum atomic E-state index is 10.7. The van der Waals surface area contributed by atoms with E-state index in [2.05, 4.69) is 15.6 Å². The number of anilines is 2. The number of aromatic nitrogens is 1. The van der Waals surface area contributed by atoms with Crippen LogP contribution in [-0.4, -0.2) is 30.1 Å². The van der Waals surface area contributed by atoms with Gasteiger partial charge in [0.05, 0.1) is 12.3 Å². The lowest BCUT2D eigenvalue weighted by Gasteiger charge is -2.17. The summed E-state index contributed by atoms with van der Waals surface area (Å²) >= 11 is 0. The smallest absolute Gasteiger partial charge is 0.302 e. The van der Waals surface area contributed by atoms with Crippen LogP contribution >= 0.6 is 0 Å². The highest BCUT2D eigenvalue weighted by Crippen LogP contribution is 2.18. The molecule has 0 radical (unpaired) electrons. The second-order valence-corrected chi connectivity index (χ2v) is 4.10. The number of nitrogens with one attached hydrogen (secondary N) is 2. The quantitative estimate of drug-likeness (QED) is 0.728. The predicted molar refractivity (Wildman–Crippen MR) is 72.7 cm³/mol. The summed E-state index contributed by atoms with van der Waals surface area (Å²) in [4.78, 5) is 15.0. The molecule has 0 fully saturated rings. The molecule has 0 amide bonds. The van der Waals surface area contributed by atoms with E-state index in [9.17, 15) is 4.79 Å². The second-order valence-electron chi connectivity index (χ2n) is 4.10. The number of rotatable bonds is 7. The fraction of sp³-hybridized carbons (Fsp3) is 0.538. The zero-order valence-electron chi connectivity index (χ0n) is 11.2. The van der Waals surface area contributed by atoms with Crippen LogP contribution < -0.4 is 10.6 Å². The molecule has 5 nitrogen and oxygen atoms in total. The highest BCUT2D eigenvalue weighted by atomic mass is 16.5. The van der Waals surface area contributed by atoms with Crippen molar-refractivity contribution in [3.05, 3.63) is 18.3 Å². The van der Waals surface area contributed by atoms with Gasteiger partial charge < -0.3 is 15.4 Å². The summed E-state index contributed by atoms with van der Waals surface area (Å²) in [6.07, 6.45) is 2.50. The van der Waals surface area contributed by atoms with Gasteiger partial charge in [-0.15, -0.1) is 0 Å². The van der Waals surface area contributed by atoms with E-state index in [1.165, 1.54) is 6.92 Å². The molecular weight excluding hydrogens is 230 g/mol. The van der Waals surface area contributed by atoms with Gasteiger partial charge in [0.1, 0.15) is 5.82 Å². The lowest BCUT2D eigenvalue weighted by molar-refractivity contribution is -0.141. The molecule has 18 heavy (non-hydrogen) atoms. The molecule has 100 valence electrons. The first-order chi connectivity index (χ1) is 8.63. The Hall–Kier alpha value is -1.78. The predicted octanol–water partition coefficient (Wildman–Crippen LogP) is 2.27. The summed E-state index contributed by atoms with van der Waals surface area (Å²) in [5.74, 6) is 0.586. The van der Waals surface area contributed by atoms with Crippen LogP contribution in [0.25, 0.3) is 0 Å². The molecule has 1 heterocycles. The standard InChI is InChI=1S/C13H21N3O2/c1-4-14-12-6-5-8-15-13(12)16-10(2)7-9-18-11(3)17/h5-6,8,10,14H,4,7,9H2,1-3H3,(H,15,16). The summed E-state index contributed by atoms with van der Waals surface area (Å²) in [6.45, 7) is 6.77. The van der Waals surface area contributed by atoms with Gasteiger partial charge in [-0.25, -0.2) is 4.98 Å². The monoisotopic (exact) mass is 251 g/mol. The van der Waals surface area contributed by atoms with Gasteiger partial charge in [0.25, 0.3) is 0 Å². The molecule has 1 rings (SSSR count). The average Bonchev–Trinajstić information content (AvgIpc) is 2.31. The first kappa shape index (κ1) is 14.3. The minimum Gasteiger partial charge on any atom is -0.466 e. The van der Waals surface area contributed by atoms with E-state index in [0.717, 1.165) is 24.5 Å². The minimum atomic E-state index is -0.242. The van der Waals surface area contributed by atoms with E-state index in [-0.39, 0.29) is 12.0 Å². The lowest BCUT2D eigenvalue weighted by atomic mass is 10.2. The van der Waals surface area contributed by atoms with Gasteiger partial charge in [-0.1, -0.05) is 0 Å². The number of pyridine rings is 1. The molecule has 1 atom stereocenters. The Morgan fingerprint density at radius 2 is 2.33 bits per heavy atom. The SMILES string of the molecule is CCNc1cccnc1NC(C)CCOC(C)=O. The minimum absolute atomic E-state index is 0.191. The number of carbonyl (C=O) groups is 1. The molecule has 0 bridgehead atoms. The molecule has 0 aromatic carbocycles. The highest BCUT2D eigenvalue weighted by Gasteiger charge is 2.07. The zero-order chi connectivity index (χ0) is 13.4. The highest BCUT2D eigenvalue weighted by molar-refractivity contribution is 5.66.